The number of carboxylic acids is 1. The van der Waals surface area contributed by atoms with Gasteiger partial charge in [0.1, 0.15) is 6.04 Å². The summed E-state index contributed by atoms with van der Waals surface area (Å²) in [7, 11) is 1.71. The summed E-state index contributed by atoms with van der Waals surface area (Å²) in [6.07, 6.45) is 5.46. The third-order valence-electron chi connectivity index (χ3n) is 3.60. The van der Waals surface area contributed by atoms with Crippen molar-refractivity contribution in [3.05, 3.63) is 30.1 Å². The van der Waals surface area contributed by atoms with Crippen molar-refractivity contribution in [2.24, 2.45) is 0 Å². The first kappa shape index (κ1) is 14.3. The summed E-state index contributed by atoms with van der Waals surface area (Å²) in [6.45, 7) is 1.08. The second kappa shape index (κ2) is 6.36. The van der Waals surface area contributed by atoms with Gasteiger partial charge in [-0.05, 0) is 37.0 Å². The lowest BCUT2D eigenvalue weighted by molar-refractivity contribution is -0.141. The van der Waals surface area contributed by atoms with Crippen LogP contribution in [0.2, 0.25) is 0 Å². The van der Waals surface area contributed by atoms with Gasteiger partial charge < -0.3 is 14.9 Å². The molecule has 1 saturated heterocycles. The maximum atomic E-state index is 12.3. The fraction of sp³-hybridized carbons (Fsp3) is 0.500. The van der Waals surface area contributed by atoms with Crippen LogP contribution in [0.4, 0.5) is 4.79 Å². The lowest BCUT2D eigenvalue weighted by Gasteiger charge is -2.27. The third-order valence-corrected chi connectivity index (χ3v) is 3.60. The highest BCUT2D eigenvalue weighted by atomic mass is 16.4. The Labute approximate surface area is 118 Å². The monoisotopic (exact) mass is 277 g/mol. The van der Waals surface area contributed by atoms with E-state index in [1.54, 1.807) is 24.3 Å². The summed E-state index contributed by atoms with van der Waals surface area (Å²) in [5.74, 6) is -0.918. The SMILES string of the molecule is CN(CCc1ccncc1)C(=O)N1CCCC1C(=O)O. The van der Waals surface area contributed by atoms with Gasteiger partial charge in [-0.15, -0.1) is 0 Å². The summed E-state index contributed by atoms with van der Waals surface area (Å²) in [4.78, 5) is 30.3. The average molecular weight is 277 g/mol. The molecular formula is C14H19N3O3. The number of likely N-dealkylation sites (tertiary alicyclic amines) is 1. The Morgan fingerprint density at radius 2 is 2.15 bits per heavy atom. The van der Waals surface area contributed by atoms with Crippen LogP contribution in [0.15, 0.2) is 24.5 Å². The molecule has 0 radical (unpaired) electrons. The predicted molar refractivity (Wildman–Crippen MR) is 73.3 cm³/mol. The number of carbonyl (C=O) groups is 2. The van der Waals surface area contributed by atoms with Gasteiger partial charge in [-0.2, -0.15) is 0 Å². The van der Waals surface area contributed by atoms with E-state index >= 15 is 0 Å². The van der Waals surface area contributed by atoms with E-state index in [4.69, 9.17) is 5.11 Å². The molecule has 1 fully saturated rings. The number of carbonyl (C=O) groups excluding carboxylic acids is 1. The molecule has 0 spiro atoms. The number of aromatic nitrogens is 1. The maximum absolute atomic E-state index is 12.3. The predicted octanol–water partition coefficient (Wildman–Crippen LogP) is 1.22. The van der Waals surface area contributed by atoms with Crippen LogP contribution in [0, 0.1) is 0 Å². The second-order valence-electron chi connectivity index (χ2n) is 5.00. The molecule has 2 heterocycles. The number of pyridine rings is 1. The van der Waals surface area contributed by atoms with Crippen LogP contribution in [0.25, 0.3) is 0 Å². The van der Waals surface area contributed by atoms with E-state index in [0.717, 1.165) is 18.4 Å². The van der Waals surface area contributed by atoms with E-state index in [9.17, 15) is 9.59 Å². The Morgan fingerprint density at radius 3 is 2.80 bits per heavy atom. The maximum Gasteiger partial charge on any atom is 0.326 e. The van der Waals surface area contributed by atoms with Crippen molar-refractivity contribution in [1.82, 2.24) is 14.8 Å². The van der Waals surface area contributed by atoms with Crippen molar-refractivity contribution < 1.29 is 14.7 Å². The number of likely N-dealkylation sites (N-methyl/N-ethyl adjacent to an activating group) is 1. The van der Waals surface area contributed by atoms with Crippen LogP contribution in [0.1, 0.15) is 18.4 Å². The Hall–Kier alpha value is -2.11. The molecule has 0 aromatic carbocycles. The number of urea groups is 1. The van der Waals surface area contributed by atoms with Crippen molar-refractivity contribution in [1.29, 1.82) is 0 Å². The van der Waals surface area contributed by atoms with Crippen molar-refractivity contribution in [2.45, 2.75) is 25.3 Å². The van der Waals surface area contributed by atoms with Crippen molar-refractivity contribution in [3.8, 4) is 0 Å². The van der Waals surface area contributed by atoms with Crippen molar-refractivity contribution in [2.75, 3.05) is 20.1 Å². The molecule has 6 nitrogen and oxygen atoms in total. The van der Waals surface area contributed by atoms with Crippen molar-refractivity contribution >= 4 is 12.0 Å². The Bertz CT molecular complexity index is 478. The highest BCUT2D eigenvalue weighted by Crippen LogP contribution is 2.19. The van der Waals surface area contributed by atoms with Crippen LogP contribution < -0.4 is 0 Å². The average Bonchev–Trinajstić information content (AvgIpc) is 2.94. The molecule has 20 heavy (non-hydrogen) atoms. The van der Waals surface area contributed by atoms with Gasteiger partial charge in [0, 0.05) is 32.5 Å². The van der Waals surface area contributed by atoms with Gasteiger partial charge >= 0.3 is 12.0 Å². The highest BCUT2D eigenvalue weighted by Gasteiger charge is 2.35. The molecule has 0 aliphatic carbocycles. The fourth-order valence-electron chi connectivity index (χ4n) is 2.41. The third kappa shape index (κ3) is 3.26. The highest BCUT2D eigenvalue weighted by molar-refractivity contribution is 5.83. The zero-order chi connectivity index (χ0) is 14.5. The van der Waals surface area contributed by atoms with Gasteiger partial charge in [-0.1, -0.05) is 0 Å². The molecule has 1 unspecified atom stereocenters. The number of hydrogen-bond donors (Lipinski definition) is 1. The molecule has 2 amide bonds. The molecule has 1 N–H and O–H groups in total. The summed E-state index contributed by atoms with van der Waals surface area (Å²) >= 11 is 0. The van der Waals surface area contributed by atoms with Gasteiger partial charge in [-0.3, -0.25) is 4.98 Å². The lowest BCUT2D eigenvalue weighted by atomic mass is 10.2. The zero-order valence-electron chi connectivity index (χ0n) is 11.5. The first-order chi connectivity index (χ1) is 9.59. The zero-order valence-corrected chi connectivity index (χ0v) is 11.5. The largest absolute Gasteiger partial charge is 0.480 e. The molecule has 2 rings (SSSR count). The van der Waals surface area contributed by atoms with E-state index in [1.807, 2.05) is 12.1 Å². The molecule has 1 aromatic heterocycles. The van der Waals surface area contributed by atoms with Crippen LogP contribution in [-0.2, 0) is 11.2 Å². The molecule has 1 aliphatic heterocycles. The molecule has 1 atom stereocenters. The normalized spacial score (nSPS) is 18.1. The van der Waals surface area contributed by atoms with Gasteiger partial charge in [0.05, 0.1) is 0 Å². The molecule has 1 aliphatic rings. The summed E-state index contributed by atoms with van der Waals surface area (Å²) < 4.78 is 0. The number of nitrogens with zero attached hydrogens (tertiary/aromatic N) is 3. The topological polar surface area (TPSA) is 73.7 Å². The van der Waals surface area contributed by atoms with E-state index in [2.05, 4.69) is 4.98 Å². The van der Waals surface area contributed by atoms with Gasteiger partial charge in [0.2, 0.25) is 0 Å². The van der Waals surface area contributed by atoms with E-state index in [0.29, 0.717) is 19.5 Å². The molecule has 1 aromatic rings. The number of hydrogen-bond acceptors (Lipinski definition) is 3. The lowest BCUT2D eigenvalue weighted by Crippen LogP contribution is -2.47. The second-order valence-corrected chi connectivity index (χ2v) is 5.00. The smallest absolute Gasteiger partial charge is 0.326 e. The van der Waals surface area contributed by atoms with E-state index in [1.165, 1.54) is 4.90 Å². The van der Waals surface area contributed by atoms with Gasteiger partial charge in [0.15, 0.2) is 0 Å². The number of amides is 2. The standard InChI is InChI=1S/C14H19N3O3/c1-16(10-6-11-4-7-15-8-5-11)14(20)17-9-2-3-12(17)13(18)19/h4-5,7-8,12H,2-3,6,9-10H2,1H3,(H,18,19). The van der Waals surface area contributed by atoms with Crippen LogP contribution in [0.5, 0.6) is 0 Å². The summed E-state index contributed by atoms with van der Waals surface area (Å²) in [5, 5.41) is 9.10. The summed E-state index contributed by atoms with van der Waals surface area (Å²) in [5.41, 5.74) is 1.11. The van der Waals surface area contributed by atoms with Crippen molar-refractivity contribution in [3.63, 3.8) is 0 Å². The van der Waals surface area contributed by atoms with Crippen LogP contribution in [-0.4, -0.2) is 58.1 Å². The van der Waals surface area contributed by atoms with Crippen LogP contribution >= 0.6 is 0 Å². The quantitative estimate of drug-likeness (QED) is 0.898. The Kier molecular flexibility index (Phi) is 4.55. The molecule has 0 bridgehead atoms. The fourth-order valence-corrected chi connectivity index (χ4v) is 2.41. The number of carboxylic acid groups (broad SMARTS) is 1. The minimum Gasteiger partial charge on any atom is -0.480 e. The number of aliphatic carboxylic acids is 1. The molecular weight excluding hydrogens is 258 g/mol. The van der Waals surface area contributed by atoms with Gasteiger partial charge in [0.25, 0.3) is 0 Å². The van der Waals surface area contributed by atoms with Crippen LogP contribution in [0.3, 0.4) is 0 Å². The number of rotatable bonds is 4. The Morgan fingerprint density at radius 1 is 1.45 bits per heavy atom. The Balaban J connectivity index is 1.90. The summed E-state index contributed by atoms with van der Waals surface area (Å²) in [6, 6.07) is 2.94. The van der Waals surface area contributed by atoms with E-state index in [-0.39, 0.29) is 6.03 Å². The minimum atomic E-state index is -0.918. The first-order valence-electron chi connectivity index (χ1n) is 6.73. The van der Waals surface area contributed by atoms with E-state index < -0.39 is 12.0 Å². The molecule has 6 heteroatoms. The first-order valence-corrected chi connectivity index (χ1v) is 6.73. The van der Waals surface area contributed by atoms with Gasteiger partial charge in [-0.25, -0.2) is 9.59 Å². The minimum absolute atomic E-state index is 0.205. The molecule has 108 valence electrons. The molecule has 0 saturated carbocycles.